The SMILES string of the molecule is COc1cc(C=c2sc3nc4ccccc4n3c2=O)cc(Br)c1OCc1ccc(C(=O)O)cc1. The van der Waals surface area contributed by atoms with Gasteiger partial charge in [0, 0.05) is 0 Å². The minimum atomic E-state index is -0.975. The molecule has 0 atom stereocenters. The molecule has 0 saturated heterocycles. The highest BCUT2D eigenvalue weighted by molar-refractivity contribution is 9.10. The summed E-state index contributed by atoms with van der Waals surface area (Å²) in [5, 5.41) is 9.03. The van der Waals surface area contributed by atoms with Crippen LogP contribution in [0.4, 0.5) is 0 Å². The minimum Gasteiger partial charge on any atom is -0.493 e. The molecule has 0 fully saturated rings. The van der Waals surface area contributed by atoms with Gasteiger partial charge < -0.3 is 14.6 Å². The van der Waals surface area contributed by atoms with Crippen LogP contribution in [0.5, 0.6) is 11.5 Å². The van der Waals surface area contributed by atoms with E-state index in [9.17, 15) is 9.59 Å². The number of hydrogen-bond acceptors (Lipinski definition) is 6. The molecule has 0 aliphatic carbocycles. The quantitative estimate of drug-likeness (QED) is 0.343. The number of carboxylic acid groups (broad SMARTS) is 1. The maximum atomic E-state index is 13.0. The van der Waals surface area contributed by atoms with Crippen molar-refractivity contribution in [2.45, 2.75) is 6.61 Å². The van der Waals surface area contributed by atoms with Gasteiger partial charge in [-0.05, 0) is 69.5 Å². The zero-order valence-electron chi connectivity index (χ0n) is 17.8. The molecule has 0 unspecified atom stereocenters. The molecule has 0 aliphatic heterocycles. The number of para-hydroxylation sites is 2. The minimum absolute atomic E-state index is 0.117. The molecule has 34 heavy (non-hydrogen) atoms. The molecule has 0 amide bonds. The molecule has 0 bridgehead atoms. The standard InChI is InChI=1S/C25H17BrN2O5S/c1-32-20-11-15(10-17(26)22(20)33-13-14-6-8-16(9-7-14)24(30)31)12-21-23(29)28-19-5-3-2-4-18(19)27-25(28)34-21/h2-12H,13H2,1H3,(H,30,31). The van der Waals surface area contributed by atoms with E-state index in [1.54, 1.807) is 35.8 Å². The number of thiazole rings is 1. The molecule has 2 heterocycles. The summed E-state index contributed by atoms with van der Waals surface area (Å²) in [5.74, 6) is 0.0375. The van der Waals surface area contributed by atoms with Crippen LogP contribution < -0.4 is 19.6 Å². The van der Waals surface area contributed by atoms with Crippen LogP contribution in [-0.4, -0.2) is 27.6 Å². The maximum Gasteiger partial charge on any atom is 0.335 e. The first-order valence-corrected chi connectivity index (χ1v) is 11.8. The number of aromatic nitrogens is 2. The van der Waals surface area contributed by atoms with Gasteiger partial charge >= 0.3 is 5.97 Å². The van der Waals surface area contributed by atoms with E-state index in [0.717, 1.165) is 22.2 Å². The average molecular weight is 537 g/mol. The molecule has 9 heteroatoms. The van der Waals surface area contributed by atoms with Crippen LogP contribution in [0.1, 0.15) is 21.5 Å². The number of fused-ring (bicyclic) bond motifs is 3. The van der Waals surface area contributed by atoms with Crippen molar-refractivity contribution in [3.63, 3.8) is 0 Å². The Hall–Kier alpha value is -3.69. The molecule has 2 aromatic heterocycles. The molecule has 7 nitrogen and oxygen atoms in total. The lowest BCUT2D eigenvalue weighted by Gasteiger charge is -2.13. The van der Waals surface area contributed by atoms with Crippen LogP contribution in [0.2, 0.25) is 0 Å². The van der Waals surface area contributed by atoms with E-state index in [-0.39, 0.29) is 17.7 Å². The molecule has 170 valence electrons. The highest BCUT2D eigenvalue weighted by atomic mass is 79.9. The summed E-state index contributed by atoms with van der Waals surface area (Å²) in [6.07, 6.45) is 1.80. The number of rotatable bonds is 6. The third kappa shape index (κ3) is 4.04. The van der Waals surface area contributed by atoms with Gasteiger partial charge in [-0.25, -0.2) is 14.2 Å². The smallest absolute Gasteiger partial charge is 0.335 e. The van der Waals surface area contributed by atoms with E-state index >= 15 is 0 Å². The lowest BCUT2D eigenvalue weighted by molar-refractivity contribution is 0.0697. The van der Waals surface area contributed by atoms with Crippen LogP contribution in [0.15, 0.2) is 69.9 Å². The summed E-state index contributed by atoms with van der Waals surface area (Å²) in [6, 6.07) is 17.7. The van der Waals surface area contributed by atoms with Gasteiger partial charge in [0.25, 0.3) is 5.56 Å². The molecule has 0 aliphatic rings. The normalized spacial score (nSPS) is 11.9. The number of ether oxygens (including phenoxy) is 2. The van der Waals surface area contributed by atoms with Crippen molar-refractivity contribution < 1.29 is 19.4 Å². The Balaban J connectivity index is 1.46. The molecule has 0 saturated carbocycles. The summed E-state index contributed by atoms with van der Waals surface area (Å²) in [5.41, 5.74) is 3.27. The third-order valence-electron chi connectivity index (χ3n) is 5.28. The second-order valence-electron chi connectivity index (χ2n) is 7.46. The number of methoxy groups -OCH3 is 1. The van der Waals surface area contributed by atoms with Crippen LogP contribution in [0.25, 0.3) is 22.1 Å². The number of aromatic carboxylic acids is 1. The van der Waals surface area contributed by atoms with Crippen molar-refractivity contribution >= 4 is 55.3 Å². The van der Waals surface area contributed by atoms with E-state index < -0.39 is 5.97 Å². The van der Waals surface area contributed by atoms with Gasteiger partial charge in [-0.3, -0.25) is 4.79 Å². The Morgan fingerprint density at radius 1 is 1.18 bits per heavy atom. The summed E-state index contributed by atoms with van der Waals surface area (Å²) in [7, 11) is 1.55. The van der Waals surface area contributed by atoms with Gasteiger partial charge in [-0.15, -0.1) is 0 Å². The molecule has 3 aromatic carbocycles. The van der Waals surface area contributed by atoms with Gasteiger partial charge in [0.1, 0.15) is 6.61 Å². The molecule has 5 aromatic rings. The van der Waals surface area contributed by atoms with Crippen LogP contribution in [-0.2, 0) is 6.61 Å². The Kier molecular flexibility index (Phi) is 5.80. The van der Waals surface area contributed by atoms with Crippen LogP contribution in [0, 0.1) is 0 Å². The summed E-state index contributed by atoms with van der Waals surface area (Å²) in [4.78, 5) is 29.3. The van der Waals surface area contributed by atoms with Crippen molar-refractivity contribution in [2.75, 3.05) is 7.11 Å². The predicted octanol–water partition coefficient (Wildman–Crippen LogP) is 4.51. The summed E-state index contributed by atoms with van der Waals surface area (Å²) >= 11 is 4.87. The van der Waals surface area contributed by atoms with Crippen molar-refractivity contribution in [1.29, 1.82) is 0 Å². The summed E-state index contributed by atoms with van der Waals surface area (Å²) in [6.45, 7) is 0.234. The summed E-state index contributed by atoms with van der Waals surface area (Å²) < 4.78 is 14.3. The second-order valence-corrected chi connectivity index (χ2v) is 9.32. The molecule has 0 spiro atoms. The monoisotopic (exact) mass is 536 g/mol. The van der Waals surface area contributed by atoms with Gasteiger partial charge in [-0.2, -0.15) is 0 Å². The Bertz CT molecular complexity index is 1660. The van der Waals surface area contributed by atoms with Gasteiger partial charge in [-0.1, -0.05) is 35.6 Å². The van der Waals surface area contributed by atoms with E-state index in [2.05, 4.69) is 20.9 Å². The maximum absolute atomic E-state index is 13.0. The van der Waals surface area contributed by atoms with Gasteiger partial charge in [0.05, 0.1) is 32.7 Å². The molecular formula is C25H17BrN2O5S. The number of benzene rings is 3. The van der Waals surface area contributed by atoms with Gasteiger partial charge in [0.2, 0.25) is 0 Å². The van der Waals surface area contributed by atoms with E-state index in [4.69, 9.17) is 14.6 Å². The number of imidazole rings is 1. The topological polar surface area (TPSA) is 90.1 Å². The first-order valence-electron chi connectivity index (χ1n) is 10.2. The molecular weight excluding hydrogens is 520 g/mol. The number of hydrogen-bond donors (Lipinski definition) is 1. The number of nitrogens with zero attached hydrogens (tertiary/aromatic N) is 2. The largest absolute Gasteiger partial charge is 0.493 e. The van der Waals surface area contributed by atoms with Crippen molar-refractivity contribution in [1.82, 2.24) is 9.38 Å². The van der Waals surface area contributed by atoms with Crippen molar-refractivity contribution in [3.05, 3.63) is 96.7 Å². The molecule has 1 N–H and O–H groups in total. The zero-order chi connectivity index (χ0) is 23.8. The fourth-order valence-electron chi connectivity index (χ4n) is 3.63. The van der Waals surface area contributed by atoms with E-state index in [1.165, 1.54) is 23.5 Å². The first kappa shape index (κ1) is 22.1. The second kappa shape index (κ2) is 8.92. The highest BCUT2D eigenvalue weighted by Crippen LogP contribution is 2.37. The highest BCUT2D eigenvalue weighted by Gasteiger charge is 2.14. The number of halogens is 1. The predicted molar refractivity (Wildman–Crippen MR) is 134 cm³/mol. The Morgan fingerprint density at radius 2 is 1.94 bits per heavy atom. The van der Waals surface area contributed by atoms with E-state index in [1.807, 2.05) is 30.3 Å². The van der Waals surface area contributed by atoms with Crippen LogP contribution >= 0.6 is 27.3 Å². The zero-order valence-corrected chi connectivity index (χ0v) is 20.2. The average Bonchev–Trinajstić information content (AvgIpc) is 3.34. The van der Waals surface area contributed by atoms with Crippen LogP contribution in [0.3, 0.4) is 0 Å². The van der Waals surface area contributed by atoms with E-state index in [0.29, 0.717) is 25.5 Å². The Labute approximate surface area is 205 Å². The van der Waals surface area contributed by atoms with Crippen molar-refractivity contribution in [3.8, 4) is 11.5 Å². The lowest BCUT2D eigenvalue weighted by Crippen LogP contribution is -2.22. The number of carbonyl (C=O) groups is 1. The lowest BCUT2D eigenvalue weighted by atomic mass is 10.1. The fourth-order valence-corrected chi connectivity index (χ4v) is 5.19. The Morgan fingerprint density at radius 3 is 2.68 bits per heavy atom. The molecule has 0 radical (unpaired) electrons. The molecule has 5 rings (SSSR count). The van der Waals surface area contributed by atoms with Gasteiger partial charge in [0.15, 0.2) is 16.5 Å². The first-order chi connectivity index (χ1) is 16.4. The fraction of sp³-hybridized carbons (Fsp3) is 0.0800. The number of carboxylic acids is 1. The third-order valence-corrected chi connectivity index (χ3v) is 6.84. The van der Waals surface area contributed by atoms with Crippen molar-refractivity contribution in [2.24, 2.45) is 0 Å².